The average molecular weight is 226 g/mol. The fourth-order valence-electron chi connectivity index (χ4n) is 0.785. The third-order valence-corrected chi connectivity index (χ3v) is 1.64. The van der Waals surface area contributed by atoms with E-state index in [1.807, 2.05) is 0 Å². The molecule has 0 radical (unpaired) electrons. The van der Waals surface area contributed by atoms with Gasteiger partial charge in [0, 0.05) is 18.5 Å². The number of nitrogens with zero attached hydrogens (tertiary/aromatic N) is 3. The predicted molar refractivity (Wildman–Crippen MR) is 45.2 cm³/mol. The van der Waals surface area contributed by atoms with Gasteiger partial charge in [-0.05, 0) is 22.0 Å². The van der Waals surface area contributed by atoms with Gasteiger partial charge in [-0.2, -0.15) is 0 Å². The summed E-state index contributed by atoms with van der Waals surface area (Å²) in [4.78, 5) is 7.99. The topological polar surface area (TPSA) is 51.8 Å². The second-order valence-corrected chi connectivity index (χ2v) is 2.90. The maximum Gasteiger partial charge on any atom is 0.205 e. The van der Waals surface area contributed by atoms with E-state index in [4.69, 9.17) is 4.52 Å². The Morgan fingerprint density at radius 3 is 2.58 bits per heavy atom. The summed E-state index contributed by atoms with van der Waals surface area (Å²) in [5.41, 5.74) is 0. The molecule has 0 amide bonds. The van der Waals surface area contributed by atoms with Gasteiger partial charge in [0.1, 0.15) is 4.60 Å². The van der Waals surface area contributed by atoms with Gasteiger partial charge >= 0.3 is 0 Å². The highest BCUT2D eigenvalue weighted by molar-refractivity contribution is 9.10. The smallest absolute Gasteiger partial charge is 0.205 e. The Morgan fingerprint density at radius 2 is 2.00 bits per heavy atom. The van der Waals surface area contributed by atoms with Gasteiger partial charge in [-0.1, -0.05) is 5.16 Å². The van der Waals surface area contributed by atoms with Crippen molar-refractivity contribution in [3.05, 3.63) is 29.1 Å². The van der Waals surface area contributed by atoms with Crippen LogP contribution in [0.1, 0.15) is 0 Å². The van der Waals surface area contributed by atoms with Gasteiger partial charge in [-0.25, -0.2) is 9.97 Å². The fraction of sp³-hybridized carbons (Fsp3) is 0. The molecule has 0 saturated heterocycles. The molecular formula is C7H4BrN3O. The molecule has 0 unspecified atom stereocenters. The molecular weight excluding hydrogens is 222 g/mol. The molecule has 0 aliphatic heterocycles. The lowest BCUT2D eigenvalue weighted by molar-refractivity contribution is 0.425. The third kappa shape index (κ3) is 1.35. The summed E-state index contributed by atoms with van der Waals surface area (Å²) in [7, 11) is 0. The van der Waals surface area contributed by atoms with Gasteiger partial charge in [-0.15, -0.1) is 0 Å². The maximum absolute atomic E-state index is 4.93. The van der Waals surface area contributed by atoms with Gasteiger partial charge in [0.2, 0.25) is 5.76 Å². The van der Waals surface area contributed by atoms with Crippen molar-refractivity contribution in [2.24, 2.45) is 0 Å². The largest absolute Gasteiger partial charge is 0.352 e. The first-order valence-corrected chi connectivity index (χ1v) is 4.05. The normalized spacial score (nSPS) is 10.1. The number of halogens is 1. The van der Waals surface area contributed by atoms with Crippen LogP contribution in [0, 0.1) is 0 Å². The monoisotopic (exact) mass is 225 g/mol. The molecule has 2 aromatic rings. The summed E-state index contributed by atoms with van der Waals surface area (Å²) in [6.45, 7) is 0. The van der Waals surface area contributed by atoms with Crippen LogP contribution in [0.5, 0.6) is 0 Å². The lowest BCUT2D eigenvalue weighted by Gasteiger charge is -1.88. The molecule has 60 valence electrons. The quantitative estimate of drug-likeness (QED) is 0.744. The van der Waals surface area contributed by atoms with Crippen molar-refractivity contribution in [1.82, 2.24) is 15.1 Å². The van der Waals surface area contributed by atoms with Crippen molar-refractivity contribution < 1.29 is 4.52 Å². The Bertz CT molecular complexity index is 373. The van der Waals surface area contributed by atoms with E-state index in [0.29, 0.717) is 16.2 Å². The van der Waals surface area contributed by atoms with Crippen molar-refractivity contribution in [3.8, 4) is 11.6 Å². The van der Waals surface area contributed by atoms with Gasteiger partial charge in [0.25, 0.3) is 0 Å². The van der Waals surface area contributed by atoms with Gasteiger partial charge in [0.15, 0.2) is 5.82 Å². The van der Waals surface area contributed by atoms with E-state index in [9.17, 15) is 0 Å². The van der Waals surface area contributed by atoms with Crippen LogP contribution in [0.25, 0.3) is 11.6 Å². The van der Waals surface area contributed by atoms with Gasteiger partial charge < -0.3 is 4.52 Å². The summed E-state index contributed by atoms with van der Waals surface area (Å²) in [5.74, 6) is 1.10. The van der Waals surface area contributed by atoms with E-state index >= 15 is 0 Å². The second-order valence-electron chi connectivity index (χ2n) is 2.09. The molecule has 0 fully saturated rings. The summed E-state index contributed by atoms with van der Waals surface area (Å²) in [6.07, 6.45) is 3.30. The predicted octanol–water partition coefficient (Wildman–Crippen LogP) is 1.89. The minimum absolute atomic E-state index is 0.538. The summed E-state index contributed by atoms with van der Waals surface area (Å²) in [6, 6.07) is 3.46. The van der Waals surface area contributed by atoms with E-state index in [1.54, 1.807) is 24.5 Å². The Labute approximate surface area is 76.8 Å². The first kappa shape index (κ1) is 7.42. The van der Waals surface area contributed by atoms with Crippen LogP contribution in [0.2, 0.25) is 0 Å². The van der Waals surface area contributed by atoms with Crippen molar-refractivity contribution in [1.29, 1.82) is 0 Å². The Hall–Kier alpha value is -1.23. The average Bonchev–Trinajstić information content (AvgIpc) is 2.54. The number of aromatic nitrogens is 3. The molecule has 0 aromatic carbocycles. The molecule has 0 bridgehead atoms. The van der Waals surface area contributed by atoms with E-state index in [2.05, 4.69) is 31.1 Å². The molecule has 2 aromatic heterocycles. The van der Waals surface area contributed by atoms with Crippen molar-refractivity contribution in [3.63, 3.8) is 0 Å². The molecule has 0 aliphatic rings. The van der Waals surface area contributed by atoms with Gasteiger partial charge in [0.05, 0.1) is 0 Å². The Morgan fingerprint density at radius 1 is 1.25 bits per heavy atom. The van der Waals surface area contributed by atoms with Crippen molar-refractivity contribution in [2.45, 2.75) is 0 Å². The first-order chi connectivity index (χ1) is 5.86. The van der Waals surface area contributed by atoms with Crippen LogP contribution in [0.3, 0.4) is 0 Å². The molecule has 0 N–H and O–H groups in total. The molecule has 12 heavy (non-hydrogen) atoms. The highest BCUT2D eigenvalue weighted by Crippen LogP contribution is 2.17. The molecule has 0 spiro atoms. The van der Waals surface area contributed by atoms with Crippen LogP contribution in [0.15, 0.2) is 33.7 Å². The van der Waals surface area contributed by atoms with Crippen LogP contribution >= 0.6 is 15.9 Å². The van der Waals surface area contributed by atoms with Crippen LogP contribution in [0.4, 0.5) is 0 Å². The number of hydrogen-bond acceptors (Lipinski definition) is 4. The van der Waals surface area contributed by atoms with Crippen LogP contribution in [-0.4, -0.2) is 15.1 Å². The maximum atomic E-state index is 4.93. The molecule has 0 saturated carbocycles. The minimum Gasteiger partial charge on any atom is -0.352 e. The third-order valence-electron chi connectivity index (χ3n) is 1.27. The summed E-state index contributed by atoms with van der Waals surface area (Å²) >= 11 is 3.17. The summed E-state index contributed by atoms with van der Waals surface area (Å²) in [5, 5.41) is 3.65. The van der Waals surface area contributed by atoms with E-state index in [0.717, 1.165) is 0 Å². The Balaban J connectivity index is 2.45. The molecule has 0 aliphatic carbocycles. The first-order valence-electron chi connectivity index (χ1n) is 3.26. The second kappa shape index (κ2) is 3.02. The van der Waals surface area contributed by atoms with Crippen molar-refractivity contribution in [2.75, 3.05) is 0 Å². The minimum atomic E-state index is 0.538. The van der Waals surface area contributed by atoms with Crippen LogP contribution in [-0.2, 0) is 0 Å². The van der Waals surface area contributed by atoms with Crippen molar-refractivity contribution >= 4 is 15.9 Å². The number of hydrogen-bond donors (Lipinski definition) is 0. The van der Waals surface area contributed by atoms with E-state index < -0.39 is 0 Å². The summed E-state index contributed by atoms with van der Waals surface area (Å²) < 4.78 is 5.57. The molecule has 4 nitrogen and oxygen atoms in total. The standard InChI is InChI=1S/C7H4BrN3O/c8-6-4-5(12-11-6)7-9-2-1-3-10-7/h1-4H. The highest BCUT2D eigenvalue weighted by Gasteiger charge is 2.05. The zero-order valence-electron chi connectivity index (χ0n) is 5.94. The number of rotatable bonds is 1. The van der Waals surface area contributed by atoms with E-state index in [1.165, 1.54) is 0 Å². The highest BCUT2D eigenvalue weighted by atomic mass is 79.9. The Kier molecular flexibility index (Phi) is 1.87. The lowest BCUT2D eigenvalue weighted by atomic mass is 10.4. The molecule has 2 rings (SSSR count). The van der Waals surface area contributed by atoms with E-state index in [-0.39, 0.29) is 0 Å². The fourth-order valence-corrected chi connectivity index (χ4v) is 1.07. The SMILES string of the molecule is Brc1cc(-c2ncccn2)on1. The van der Waals surface area contributed by atoms with Gasteiger partial charge in [-0.3, -0.25) is 0 Å². The lowest BCUT2D eigenvalue weighted by Crippen LogP contribution is -1.83. The zero-order valence-corrected chi connectivity index (χ0v) is 7.52. The molecule has 0 atom stereocenters. The molecule has 5 heteroatoms. The molecule has 2 heterocycles. The van der Waals surface area contributed by atoms with Crippen LogP contribution < -0.4 is 0 Å². The zero-order chi connectivity index (χ0) is 8.39.